The van der Waals surface area contributed by atoms with Crippen LogP contribution in [-0.4, -0.2) is 18.4 Å². The van der Waals surface area contributed by atoms with Gasteiger partial charge in [-0.25, -0.2) is 0 Å². The Labute approximate surface area is 112 Å². The summed E-state index contributed by atoms with van der Waals surface area (Å²) in [6.45, 7) is 2.50. The maximum absolute atomic E-state index is 11.7. The molecule has 2 rings (SSSR count). The van der Waals surface area contributed by atoms with Crippen molar-refractivity contribution in [1.82, 2.24) is 0 Å². The van der Waals surface area contributed by atoms with Crippen LogP contribution in [0.5, 0.6) is 0 Å². The molecule has 0 radical (unpaired) electrons. The van der Waals surface area contributed by atoms with Gasteiger partial charge in [0.1, 0.15) is 6.07 Å². The number of piperidine rings is 1. The minimum atomic E-state index is -0.0530. The first-order chi connectivity index (χ1) is 8.63. The molecule has 0 aromatic heterocycles. The largest absolute Gasteiger partial charge is 0.361 e. The highest BCUT2D eigenvalue weighted by atomic mass is 35.5. The van der Waals surface area contributed by atoms with Gasteiger partial charge in [0.2, 0.25) is 0 Å². The molecule has 0 bridgehead atoms. The van der Waals surface area contributed by atoms with E-state index in [1.165, 1.54) is 0 Å². The molecular formula is C14H15ClN2O. The molecule has 1 fully saturated rings. The van der Waals surface area contributed by atoms with Crippen molar-refractivity contribution in [2.24, 2.45) is 0 Å². The van der Waals surface area contributed by atoms with Crippen LogP contribution in [0.3, 0.4) is 0 Å². The molecule has 1 unspecified atom stereocenters. The number of nitriles is 1. The number of nitrogens with zero attached hydrogens (tertiary/aromatic N) is 2. The molecule has 4 heteroatoms. The summed E-state index contributed by atoms with van der Waals surface area (Å²) < 4.78 is 0. The van der Waals surface area contributed by atoms with Crippen LogP contribution < -0.4 is 4.90 Å². The first-order valence-corrected chi connectivity index (χ1v) is 6.48. The Morgan fingerprint density at radius 3 is 2.89 bits per heavy atom. The molecule has 1 saturated heterocycles. The van der Waals surface area contributed by atoms with Crippen molar-refractivity contribution in [2.75, 3.05) is 11.4 Å². The quantitative estimate of drug-likeness (QED) is 0.822. The van der Waals surface area contributed by atoms with Gasteiger partial charge in [0.05, 0.1) is 16.6 Å². The molecule has 0 saturated carbocycles. The van der Waals surface area contributed by atoms with Gasteiger partial charge in [0, 0.05) is 12.2 Å². The fourth-order valence-electron chi connectivity index (χ4n) is 2.44. The Morgan fingerprint density at radius 1 is 1.50 bits per heavy atom. The summed E-state index contributed by atoms with van der Waals surface area (Å²) in [5.74, 6) is 0.190. The summed E-state index contributed by atoms with van der Waals surface area (Å²) >= 11 is 6.04. The van der Waals surface area contributed by atoms with Gasteiger partial charge in [0.15, 0.2) is 5.78 Å². The Kier molecular flexibility index (Phi) is 3.88. The lowest BCUT2D eigenvalue weighted by Gasteiger charge is -2.36. The van der Waals surface area contributed by atoms with Crippen molar-refractivity contribution >= 4 is 23.1 Å². The highest BCUT2D eigenvalue weighted by Gasteiger charge is 2.26. The number of Topliss-reactive ketones (excluding diaryl/α,β-unsaturated/α-hetero) is 1. The third kappa shape index (κ3) is 2.49. The summed E-state index contributed by atoms with van der Waals surface area (Å²) in [5, 5.41) is 9.30. The van der Waals surface area contributed by atoms with Crippen LogP contribution in [0.4, 0.5) is 5.69 Å². The molecule has 18 heavy (non-hydrogen) atoms. The molecule has 1 aromatic rings. The molecule has 1 aliphatic heterocycles. The zero-order chi connectivity index (χ0) is 13.1. The third-order valence-electron chi connectivity index (χ3n) is 3.38. The van der Waals surface area contributed by atoms with Crippen molar-refractivity contribution in [3.8, 4) is 6.07 Å². The van der Waals surface area contributed by atoms with Gasteiger partial charge in [-0.1, -0.05) is 11.6 Å². The van der Waals surface area contributed by atoms with Crippen LogP contribution in [0, 0.1) is 11.3 Å². The third-order valence-corrected chi connectivity index (χ3v) is 3.69. The van der Waals surface area contributed by atoms with Crippen molar-refractivity contribution in [3.05, 3.63) is 28.8 Å². The molecule has 1 atom stereocenters. The summed E-state index contributed by atoms with van der Waals surface area (Å²) in [4.78, 5) is 13.8. The maximum Gasteiger partial charge on any atom is 0.152 e. The van der Waals surface area contributed by atoms with Crippen molar-refractivity contribution < 1.29 is 4.79 Å². The molecule has 0 aliphatic carbocycles. The lowest BCUT2D eigenvalue weighted by atomic mass is 9.98. The SMILES string of the molecule is CC(=O)C1CCCCN1c1ccc(C#N)c(Cl)c1. The molecule has 3 nitrogen and oxygen atoms in total. The summed E-state index contributed by atoms with van der Waals surface area (Å²) in [7, 11) is 0. The van der Waals surface area contributed by atoms with E-state index in [0.29, 0.717) is 10.6 Å². The number of benzene rings is 1. The summed E-state index contributed by atoms with van der Waals surface area (Å²) in [6.07, 6.45) is 3.07. The number of halogens is 1. The molecule has 1 aromatic carbocycles. The van der Waals surface area contributed by atoms with E-state index >= 15 is 0 Å². The van der Waals surface area contributed by atoms with E-state index in [9.17, 15) is 4.79 Å². The van der Waals surface area contributed by atoms with Gasteiger partial charge in [-0.2, -0.15) is 5.26 Å². The zero-order valence-corrected chi connectivity index (χ0v) is 11.1. The Hall–Kier alpha value is -1.53. The van der Waals surface area contributed by atoms with Crippen molar-refractivity contribution in [3.63, 3.8) is 0 Å². The van der Waals surface area contributed by atoms with Crippen LogP contribution in [0.25, 0.3) is 0 Å². The van der Waals surface area contributed by atoms with E-state index in [0.717, 1.165) is 31.5 Å². The van der Waals surface area contributed by atoms with Gasteiger partial charge in [-0.15, -0.1) is 0 Å². The molecule has 1 aliphatic rings. The standard InChI is InChI=1S/C14H15ClN2O/c1-10(18)14-4-2-3-7-17(14)12-6-5-11(9-16)13(15)8-12/h5-6,8,14H,2-4,7H2,1H3. The predicted molar refractivity (Wildman–Crippen MR) is 71.8 cm³/mol. The van der Waals surface area contributed by atoms with Gasteiger partial charge in [0.25, 0.3) is 0 Å². The lowest BCUT2D eigenvalue weighted by Crippen LogP contribution is -2.43. The minimum Gasteiger partial charge on any atom is -0.361 e. The molecule has 0 amide bonds. The topological polar surface area (TPSA) is 44.1 Å². The average Bonchev–Trinajstić information content (AvgIpc) is 2.38. The number of rotatable bonds is 2. The Bertz CT molecular complexity index is 507. The van der Waals surface area contributed by atoms with Gasteiger partial charge in [-0.3, -0.25) is 4.79 Å². The first kappa shape index (κ1) is 12.9. The Morgan fingerprint density at radius 2 is 2.28 bits per heavy atom. The number of hydrogen-bond acceptors (Lipinski definition) is 3. The fourth-order valence-corrected chi connectivity index (χ4v) is 2.65. The molecule has 0 spiro atoms. The van der Waals surface area contributed by atoms with Crippen molar-refractivity contribution in [1.29, 1.82) is 5.26 Å². The van der Waals surface area contributed by atoms with Crippen molar-refractivity contribution in [2.45, 2.75) is 32.2 Å². The normalized spacial score (nSPS) is 19.4. The zero-order valence-electron chi connectivity index (χ0n) is 10.3. The second-order valence-electron chi connectivity index (χ2n) is 4.59. The van der Waals surface area contributed by atoms with Crippen LogP contribution in [0.2, 0.25) is 5.02 Å². The lowest BCUT2D eigenvalue weighted by molar-refractivity contribution is -0.118. The van der Waals surface area contributed by atoms with Crippen LogP contribution in [0.1, 0.15) is 31.7 Å². The smallest absolute Gasteiger partial charge is 0.152 e. The number of anilines is 1. The van der Waals surface area contributed by atoms with E-state index in [1.807, 2.05) is 12.1 Å². The molecule has 0 N–H and O–H groups in total. The van der Waals surface area contributed by atoms with E-state index in [1.54, 1.807) is 19.1 Å². The second kappa shape index (κ2) is 5.41. The number of carbonyl (C=O) groups excluding carboxylic acids is 1. The summed E-state index contributed by atoms with van der Waals surface area (Å²) in [6, 6.07) is 7.35. The number of carbonyl (C=O) groups is 1. The molecule has 94 valence electrons. The van der Waals surface area contributed by atoms with E-state index in [4.69, 9.17) is 16.9 Å². The molecular weight excluding hydrogens is 248 g/mol. The summed E-state index contributed by atoms with van der Waals surface area (Å²) in [5.41, 5.74) is 1.40. The predicted octanol–water partition coefficient (Wildman–Crippen LogP) is 3.16. The van der Waals surface area contributed by atoms with Gasteiger partial charge >= 0.3 is 0 Å². The number of hydrogen-bond donors (Lipinski definition) is 0. The first-order valence-electron chi connectivity index (χ1n) is 6.10. The molecule has 1 heterocycles. The monoisotopic (exact) mass is 262 g/mol. The van der Waals surface area contributed by atoms with E-state index < -0.39 is 0 Å². The average molecular weight is 263 g/mol. The van der Waals surface area contributed by atoms with E-state index in [-0.39, 0.29) is 11.8 Å². The van der Waals surface area contributed by atoms with Gasteiger partial charge in [-0.05, 0) is 44.4 Å². The maximum atomic E-state index is 11.7. The van der Waals surface area contributed by atoms with Crippen LogP contribution in [-0.2, 0) is 4.79 Å². The van der Waals surface area contributed by atoms with Crippen LogP contribution >= 0.6 is 11.6 Å². The van der Waals surface area contributed by atoms with Crippen LogP contribution in [0.15, 0.2) is 18.2 Å². The second-order valence-corrected chi connectivity index (χ2v) is 5.00. The highest BCUT2D eigenvalue weighted by molar-refractivity contribution is 6.32. The Balaban J connectivity index is 2.32. The van der Waals surface area contributed by atoms with Gasteiger partial charge < -0.3 is 4.90 Å². The number of ketones is 1. The van der Waals surface area contributed by atoms with E-state index in [2.05, 4.69) is 4.90 Å². The highest BCUT2D eigenvalue weighted by Crippen LogP contribution is 2.29. The minimum absolute atomic E-state index is 0.0530. The fraction of sp³-hybridized carbons (Fsp3) is 0.429.